The first-order valence-electron chi connectivity index (χ1n) is 9.10. The topological polar surface area (TPSA) is 6.48 Å². The standard InChI is InChI=1S/C21H25F3N2/c22-21(23,24)20-17-25(15-18-9-7-4-8-10-18)13-14-26(20)16-19-11-5-2-1-3-6-12-19/h1-5,7-11,20H,6,12-17H2/b3-1-,5-2-,19-11+. The number of nitrogens with zero attached hydrogens (tertiary/aromatic N) is 2. The second-order valence-corrected chi connectivity index (χ2v) is 6.93. The molecule has 1 heterocycles. The van der Waals surface area contributed by atoms with Gasteiger partial charge in [-0.05, 0) is 18.4 Å². The first kappa shape index (κ1) is 18.9. The minimum Gasteiger partial charge on any atom is -0.296 e. The number of hydrogen-bond donors (Lipinski definition) is 0. The fraction of sp³-hybridized carbons (Fsp3) is 0.429. The van der Waals surface area contributed by atoms with Crippen LogP contribution in [0.2, 0.25) is 0 Å². The molecule has 1 aliphatic carbocycles. The maximum absolute atomic E-state index is 13.7. The van der Waals surface area contributed by atoms with E-state index in [0.717, 1.165) is 24.0 Å². The summed E-state index contributed by atoms with van der Waals surface area (Å²) in [5, 5.41) is 0. The van der Waals surface area contributed by atoms with Gasteiger partial charge in [-0.3, -0.25) is 9.80 Å². The van der Waals surface area contributed by atoms with Crippen molar-refractivity contribution in [3.8, 4) is 0 Å². The van der Waals surface area contributed by atoms with Gasteiger partial charge in [0.15, 0.2) is 0 Å². The van der Waals surface area contributed by atoms with Crippen molar-refractivity contribution in [3.05, 3.63) is 71.8 Å². The van der Waals surface area contributed by atoms with Crippen LogP contribution in [0.3, 0.4) is 0 Å². The zero-order valence-corrected chi connectivity index (χ0v) is 14.8. The van der Waals surface area contributed by atoms with Crippen molar-refractivity contribution in [2.45, 2.75) is 31.6 Å². The van der Waals surface area contributed by atoms with Gasteiger partial charge in [0.2, 0.25) is 0 Å². The number of allylic oxidation sites excluding steroid dienone is 5. The molecular weight excluding hydrogens is 337 g/mol. The number of benzene rings is 1. The van der Waals surface area contributed by atoms with Crippen LogP contribution in [0.1, 0.15) is 18.4 Å². The van der Waals surface area contributed by atoms with E-state index in [-0.39, 0.29) is 6.54 Å². The van der Waals surface area contributed by atoms with E-state index in [1.54, 1.807) is 4.90 Å². The fourth-order valence-electron chi connectivity index (χ4n) is 3.54. The molecule has 1 aliphatic heterocycles. The van der Waals surface area contributed by atoms with Crippen LogP contribution in [0, 0.1) is 0 Å². The summed E-state index contributed by atoms with van der Waals surface area (Å²) in [5.74, 6) is 0. The highest BCUT2D eigenvalue weighted by molar-refractivity contribution is 5.21. The van der Waals surface area contributed by atoms with Gasteiger partial charge >= 0.3 is 6.18 Å². The summed E-state index contributed by atoms with van der Waals surface area (Å²) in [5.41, 5.74) is 2.12. The smallest absolute Gasteiger partial charge is 0.296 e. The van der Waals surface area contributed by atoms with Crippen LogP contribution in [-0.2, 0) is 6.54 Å². The first-order chi connectivity index (χ1) is 12.5. The molecule has 0 amide bonds. The van der Waals surface area contributed by atoms with Crippen LogP contribution in [0.4, 0.5) is 13.2 Å². The Hall–Kier alpha value is -1.85. The second kappa shape index (κ2) is 8.69. The molecule has 0 saturated carbocycles. The highest BCUT2D eigenvalue weighted by atomic mass is 19.4. The summed E-state index contributed by atoms with van der Waals surface area (Å²) >= 11 is 0. The van der Waals surface area contributed by atoms with Crippen LogP contribution >= 0.6 is 0 Å². The molecule has 0 aromatic heterocycles. The lowest BCUT2D eigenvalue weighted by atomic mass is 10.0. The monoisotopic (exact) mass is 362 g/mol. The van der Waals surface area contributed by atoms with E-state index >= 15 is 0 Å². The van der Waals surface area contributed by atoms with Gasteiger partial charge in [-0.25, -0.2) is 0 Å². The first-order valence-corrected chi connectivity index (χ1v) is 9.10. The molecule has 140 valence electrons. The van der Waals surface area contributed by atoms with Gasteiger partial charge in [0.1, 0.15) is 6.04 Å². The Kier molecular flexibility index (Phi) is 6.33. The number of alkyl halides is 3. The molecule has 26 heavy (non-hydrogen) atoms. The zero-order chi connectivity index (χ0) is 18.4. The number of halogens is 3. The van der Waals surface area contributed by atoms with E-state index in [1.165, 1.54) is 0 Å². The third-order valence-corrected chi connectivity index (χ3v) is 4.93. The minimum absolute atomic E-state index is 0.0292. The molecule has 1 aromatic carbocycles. The Morgan fingerprint density at radius 2 is 1.77 bits per heavy atom. The molecule has 0 bridgehead atoms. The molecule has 2 aliphatic rings. The third kappa shape index (κ3) is 5.32. The quantitative estimate of drug-likeness (QED) is 0.774. The van der Waals surface area contributed by atoms with Crippen LogP contribution in [0.25, 0.3) is 0 Å². The van der Waals surface area contributed by atoms with E-state index in [4.69, 9.17) is 0 Å². The predicted octanol–water partition coefficient (Wildman–Crippen LogP) is 4.57. The summed E-state index contributed by atoms with van der Waals surface area (Å²) in [6.07, 6.45) is 7.32. The van der Waals surface area contributed by atoms with Gasteiger partial charge in [0, 0.05) is 32.7 Å². The van der Waals surface area contributed by atoms with Crippen molar-refractivity contribution in [2.24, 2.45) is 0 Å². The molecule has 1 unspecified atom stereocenters. The third-order valence-electron chi connectivity index (χ3n) is 4.93. The molecule has 1 atom stereocenters. The van der Waals surface area contributed by atoms with Gasteiger partial charge in [-0.2, -0.15) is 13.2 Å². The molecule has 1 aromatic rings. The summed E-state index contributed by atoms with van der Waals surface area (Å²) in [4.78, 5) is 3.52. The molecule has 0 N–H and O–H groups in total. The summed E-state index contributed by atoms with van der Waals surface area (Å²) in [6.45, 7) is 2.08. The highest BCUT2D eigenvalue weighted by Gasteiger charge is 2.46. The maximum atomic E-state index is 13.7. The van der Waals surface area contributed by atoms with Crippen molar-refractivity contribution in [1.29, 1.82) is 0 Å². The second-order valence-electron chi connectivity index (χ2n) is 6.93. The number of hydrogen-bond acceptors (Lipinski definition) is 2. The van der Waals surface area contributed by atoms with E-state index in [1.807, 2.05) is 59.5 Å². The van der Waals surface area contributed by atoms with Gasteiger partial charge in [0.05, 0.1) is 0 Å². The Labute approximate surface area is 153 Å². The molecule has 0 radical (unpaired) electrons. The molecular formula is C21H25F3N2. The lowest BCUT2D eigenvalue weighted by molar-refractivity contribution is -0.196. The minimum atomic E-state index is -4.22. The Morgan fingerprint density at radius 3 is 2.54 bits per heavy atom. The van der Waals surface area contributed by atoms with E-state index in [0.29, 0.717) is 26.2 Å². The molecule has 3 rings (SSSR count). The number of piperazine rings is 1. The Bertz CT molecular complexity index is 662. The highest BCUT2D eigenvalue weighted by Crippen LogP contribution is 2.29. The zero-order valence-electron chi connectivity index (χ0n) is 14.8. The van der Waals surface area contributed by atoms with Crippen molar-refractivity contribution in [3.63, 3.8) is 0 Å². The van der Waals surface area contributed by atoms with Crippen molar-refractivity contribution in [2.75, 3.05) is 26.2 Å². The van der Waals surface area contributed by atoms with Crippen molar-refractivity contribution < 1.29 is 13.2 Å². The normalized spacial score (nSPS) is 27.2. The average Bonchev–Trinajstić information content (AvgIpc) is 2.58. The van der Waals surface area contributed by atoms with Gasteiger partial charge < -0.3 is 0 Å². The average molecular weight is 362 g/mol. The molecule has 1 fully saturated rings. The molecule has 1 saturated heterocycles. The Balaban J connectivity index is 1.67. The van der Waals surface area contributed by atoms with Crippen LogP contribution < -0.4 is 0 Å². The summed E-state index contributed by atoms with van der Waals surface area (Å²) in [7, 11) is 0. The SMILES string of the molecule is FC(F)(F)C1CN(Cc2ccccc2)CCN1C/C1=C/C=C\C=C/CC1. The van der Waals surface area contributed by atoms with E-state index < -0.39 is 12.2 Å². The summed E-state index contributed by atoms with van der Waals surface area (Å²) < 4.78 is 41.1. The van der Waals surface area contributed by atoms with Crippen molar-refractivity contribution >= 4 is 0 Å². The molecule has 2 nitrogen and oxygen atoms in total. The lowest BCUT2D eigenvalue weighted by Crippen LogP contribution is -2.59. The van der Waals surface area contributed by atoms with Gasteiger partial charge in [0.25, 0.3) is 0 Å². The van der Waals surface area contributed by atoms with E-state index in [9.17, 15) is 13.2 Å². The Morgan fingerprint density at radius 1 is 0.962 bits per heavy atom. The molecule has 0 spiro atoms. The lowest BCUT2D eigenvalue weighted by Gasteiger charge is -2.42. The predicted molar refractivity (Wildman–Crippen MR) is 98.7 cm³/mol. The van der Waals surface area contributed by atoms with Gasteiger partial charge in [-0.15, -0.1) is 0 Å². The fourth-order valence-corrected chi connectivity index (χ4v) is 3.54. The van der Waals surface area contributed by atoms with Crippen LogP contribution in [-0.4, -0.2) is 48.2 Å². The maximum Gasteiger partial charge on any atom is 0.405 e. The van der Waals surface area contributed by atoms with Crippen LogP contribution in [0.15, 0.2) is 66.3 Å². The van der Waals surface area contributed by atoms with E-state index in [2.05, 4.69) is 6.08 Å². The molecule has 5 heteroatoms. The summed E-state index contributed by atoms with van der Waals surface area (Å²) in [6, 6.07) is 8.30. The van der Waals surface area contributed by atoms with Gasteiger partial charge in [-0.1, -0.05) is 66.3 Å². The largest absolute Gasteiger partial charge is 0.405 e. The van der Waals surface area contributed by atoms with Crippen molar-refractivity contribution in [1.82, 2.24) is 9.80 Å². The number of rotatable bonds is 4. The van der Waals surface area contributed by atoms with Crippen LogP contribution in [0.5, 0.6) is 0 Å².